The minimum Gasteiger partial charge on any atom is -0.352 e. The van der Waals surface area contributed by atoms with Crippen LogP contribution in [0.25, 0.3) is 0 Å². The van der Waals surface area contributed by atoms with E-state index in [1.807, 2.05) is 19.1 Å². The average molecular weight is 306 g/mol. The molecule has 3 fully saturated rings. The summed E-state index contributed by atoms with van der Waals surface area (Å²) in [6, 6.07) is 6.83. The number of anilines is 2. The van der Waals surface area contributed by atoms with Crippen molar-refractivity contribution in [3.05, 3.63) is 41.5 Å². The first-order valence-electron chi connectivity index (χ1n) is 7.85. The van der Waals surface area contributed by atoms with Crippen molar-refractivity contribution < 1.29 is 0 Å². The number of piperazine rings is 1. The Labute approximate surface area is 135 Å². The normalized spacial score (nSPS) is 22.5. The Morgan fingerprint density at radius 1 is 1.13 bits per heavy atom. The maximum absolute atomic E-state index is 8.89. The molecule has 0 amide bonds. The maximum atomic E-state index is 8.89. The number of aryl methyl sites for hydroxylation is 1. The summed E-state index contributed by atoms with van der Waals surface area (Å²) in [7, 11) is 0. The Morgan fingerprint density at radius 2 is 1.91 bits per heavy atom. The summed E-state index contributed by atoms with van der Waals surface area (Å²) in [5, 5.41) is 8.89. The molecule has 6 heteroatoms. The standard InChI is InChI=1S/C17H18N6/c1-11-12(2)20-10-21-17(11)22-8-14-5-15(9-22)23(14)16-4-3-13(6-18)7-19-16/h3-4,7,10,14-15H,5,8-9H2,1-2H3. The van der Waals surface area contributed by atoms with E-state index in [1.54, 1.807) is 12.5 Å². The second kappa shape index (κ2) is 5.20. The van der Waals surface area contributed by atoms with Crippen LogP contribution in [-0.2, 0) is 0 Å². The predicted octanol–water partition coefficient (Wildman–Crippen LogP) is 1.83. The van der Waals surface area contributed by atoms with Crippen molar-refractivity contribution >= 4 is 11.6 Å². The van der Waals surface area contributed by atoms with Crippen LogP contribution in [0.1, 0.15) is 23.2 Å². The van der Waals surface area contributed by atoms with E-state index in [9.17, 15) is 0 Å². The van der Waals surface area contributed by atoms with Crippen molar-refractivity contribution in [2.45, 2.75) is 32.4 Å². The first-order valence-corrected chi connectivity index (χ1v) is 7.85. The van der Waals surface area contributed by atoms with E-state index >= 15 is 0 Å². The fourth-order valence-electron chi connectivity index (χ4n) is 3.61. The van der Waals surface area contributed by atoms with Crippen LogP contribution in [0.3, 0.4) is 0 Å². The molecule has 2 bridgehead atoms. The molecule has 5 rings (SSSR count). The highest BCUT2D eigenvalue weighted by atomic mass is 15.4. The lowest BCUT2D eigenvalue weighted by atomic mass is 9.87. The number of aromatic nitrogens is 3. The fourth-order valence-corrected chi connectivity index (χ4v) is 3.61. The molecule has 3 aliphatic heterocycles. The molecule has 3 saturated heterocycles. The van der Waals surface area contributed by atoms with Crippen molar-refractivity contribution in [3.63, 3.8) is 0 Å². The summed E-state index contributed by atoms with van der Waals surface area (Å²) in [6.45, 7) is 6.02. The molecule has 0 N–H and O–H groups in total. The third-order valence-corrected chi connectivity index (χ3v) is 4.94. The van der Waals surface area contributed by atoms with Gasteiger partial charge in [0.1, 0.15) is 24.0 Å². The Balaban J connectivity index is 1.54. The highest BCUT2D eigenvalue weighted by Gasteiger charge is 2.45. The molecule has 0 radical (unpaired) electrons. The molecule has 23 heavy (non-hydrogen) atoms. The van der Waals surface area contributed by atoms with Gasteiger partial charge in [-0.15, -0.1) is 0 Å². The molecule has 3 aliphatic rings. The van der Waals surface area contributed by atoms with E-state index in [0.29, 0.717) is 17.6 Å². The first kappa shape index (κ1) is 13.9. The van der Waals surface area contributed by atoms with Gasteiger partial charge in [0.2, 0.25) is 0 Å². The summed E-state index contributed by atoms with van der Waals surface area (Å²) in [6.07, 6.45) is 4.50. The van der Waals surface area contributed by atoms with Crippen LogP contribution in [0.2, 0.25) is 0 Å². The Kier molecular flexibility index (Phi) is 3.15. The number of nitriles is 1. The van der Waals surface area contributed by atoms with E-state index in [-0.39, 0.29) is 0 Å². The van der Waals surface area contributed by atoms with Gasteiger partial charge in [-0.05, 0) is 32.4 Å². The van der Waals surface area contributed by atoms with E-state index < -0.39 is 0 Å². The molecule has 0 aromatic carbocycles. The SMILES string of the molecule is Cc1ncnc(N2CC3CC(C2)N3c2ccc(C#N)cn2)c1C. The lowest BCUT2D eigenvalue weighted by Crippen LogP contribution is -2.69. The van der Waals surface area contributed by atoms with Gasteiger partial charge in [-0.25, -0.2) is 15.0 Å². The van der Waals surface area contributed by atoms with Crippen molar-refractivity contribution in [2.75, 3.05) is 22.9 Å². The lowest BCUT2D eigenvalue weighted by Gasteiger charge is -2.57. The molecule has 5 heterocycles. The smallest absolute Gasteiger partial charge is 0.135 e. The van der Waals surface area contributed by atoms with Gasteiger partial charge in [0.15, 0.2) is 0 Å². The second-order valence-corrected chi connectivity index (χ2v) is 6.28. The van der Waals surface area contributed by atoms with Crippen molar-refractivity contribution in [1.82, 2.24) is 15.0 Å². The fraction of sp³-hybridized carbons (Fsp3) is 0.412. The van der Waals surface area contributed by atoms with Gasteiger partial charge in [0.05, 0.1) is 17.6 Å². The molecule has 0 aliphatic carbocycles. The third-order valence-electron chi connectivity index (χ3n) is 4.94. The summed E-state index contributed by atoms with van der Waals surface area (Å²) >= 11 is 0. The molecule has 116 valence electrons. The van der Waals surface area contributed by atoms with Gasteiger partial charge in [0.25, 0.3) is 0 Å². The van der Waals surface area contributed by atoms with Gasteiger partial charge in [-0.3, -0.25) is 0 Å². The zero-order valence-electron chi connectivity index (χ0n) is 13.3. The van der Waals surface area contributed by atoms with Crippen molar-refractivity contribution in [1.29, 1.82) is 5.26 Å². The van der Waals surface area contributed by atoms with Crippen LogP contribution in [-0.4, -0.2) is 40.1 Å². The zero-order valence-corrected chi connectivity index (χ0v) is 13.3. The number of piperidine rings is 1. The van der Waals surface area contributed by atoms with Gasteiger partial charge >= 0.3 is 0 Å². The zero-order chi connectivity index (χ0) is 16.0. The minimum atomic E-state index is 0.462. The average Bonchev–Trinajstić information content (AvgIpc) is 2.58. The highest BCUT2D eigenvalue weighted by molar-refractivity contribution is 5.55. The van der Waals surface area contributed by atoms with Crippen LogP contribution in [0.4, 0.5) is 11.6 Å². The molecule has 2 aromatic rings. The summed E-state index contributed by atoms with van der Waals surface area (Å²) < 4.78 is 0. The predicted molar refractivity (Wildman–Crippen MR) is 87.3 cm³/mol. The van der Waals surface area contributed by atoms with E-state index in [4.69, 9.17) is 5.26 Å². The molecular weight excluding hydrogens is 288 g/mol. The van der Waals surface area contributed by atoms with E-state index in [0.717, 1.165) is 36.0 Å². The molecule has 2 aromatic heterocycles. The van der Waals surface area contributed by atoms with Crippen molar-refractivity contribution in [2.24, 2.45) is 0 Å². The number of rotatable bonds is 2. The molecule has 2 atom stereocenters. The number of pyridine rings is 1. The Hall–Kier alpha value is -2.68. The minimum absolute atomic E-state index is 0.462. The van der Waals surface area contributed by atoms with Gasteiger partial charge in [-0.2, -0.15) is 5.26 Å². The Bertz CT molecular complexity index is 767. The van der Waals surface area contributed by atoms with Gasteiger partial charge < -0.3 is 9.80 Å². The molecule has 6 nitrogen and oxygen atoms in total. The number of fused-ring (bicyclic) bond motifs is 2. The molecule has 0 spiro atoms. The summed E-state index contributed by atoms with van der Waals surface area (Å²) in [4.78, 5) is 17.9. The lowest BCUT2D eigenvalue weighted by molar-refractivity contribution is 0.287. The first-order chi connectivity index (χ1) is 11.2. The second-order valence-electron chi connectivity index (χ2n) is 6.28. The topological polar surface area (TPSA) is 68.9 Å². The monoisotopic (exact) mass is 306 g/mol. The Morgan fingerprint density at radius 3 is 2.57 bits per heavy atom. The van der Waals surface area contributed by atoms with Crippen molar-refractivity contribution in [3.8, 4) is 6.07 Å². The van der Waals surface area contributed by atoms with E-state index in [2.05, 4.69) is 37.7 Å². The quantitative estimate of drug-likeness (QED) is 0.843. The number of hydrogen-bond acceptors (Lipinski definition) is 6. The molecular formula is C17H18N6. The maximum Gasteiger partial charge on any atom is 0.135 e. The molecule has 0 saturated carbocycles. The van der Waals surface area contributed by atoms with Crippen LogP contribution in [0, 0.1) is 25.2 Å². The van der Waals surface area contributed by atoms with Gasteiger partial charge in [-0.1, -0.05) is 0 Å². The number of nitrogens with zero attached hydrogens (tertiary/aromatic N) is 6. The van der Waals surface area contributed by atoms with Crippen LogP contribution < -0.4 is 9.80 Å². The van der Waals surface area contributed by atoms with Crippen LogP contribution >= 0.6 is 0 Å². The summed E-state index contributed by atoms with van der Waals surface area (Å²) in [5.74, 6) is 2.03. The highest BCUT2D eigenvalue weighted by Crippen LogP contribution is 2.37. The largest absolute Gasteiger partial charge is 0.352 e. The van der Waals surface area contributed by atoms with E-state index in [1.165, 1.54) is 6.42 Å². The summed E-state index contributed by atoms with van der Waals surface area (Å²) in [5.41, 5.74) is 2.81. The van der Waals surface area contributed by atoms with Crippen LogP contribution in [0.5, 0.6) is 0 Å². The third kappa shape index (κ3) is 2.20. The van der Waals surface area contributed by atoms with Crippen LogP contribution in [0.15, 0.2) is 24.7 Å². The number of hydrogen-bond donors (Lipinski definition) is 0. The molecule has 2 unspecified atom stereocenters. The van der Waals surface area contributed by atoms with Gasteiger partial charge in [0, 0.05) is 30.5 Å².